The fourth-order valence-electron chi connectivity index (χ4n) is 3.02. The summed E-state index contributed by atoms with van der Waals surface area (Å²) in [6.45, 7) is 3.83. The third-order valence-corrected chi connectivity index (χ3v) is 5.48. The van der Waals surface area contributed by atoms with Gasteiger partial charge in [0.15, 0.2) is 0 Å². The molecule has 9 heteroatoms. The van der Waals surface area contributed by atoms with Crippen LogP contribution in [0, 0.1) is 19.7 Å². The number of nitrogens with one attached hydrogen (secondary N) is 1. The molecule has 1 heterocycles. The van der Waals surface area contributed by atoms with Crippen molar-refractivity contribution in [2.24, 2.45) is 5.14 Å². The fourth-order valence-corrected chi connectivity index (χ4v) is 3.60. The van der Waals surface area contributed by atoms with Crippen LogP contribution in [0.25, 0.3) is 5.69 Å². The van der Waals surface area contributed by atoms with E-state index in [0.29, 0.717) is 16.9 Å². The first-order valence-corrected chi connectivity index (χ1v) is 10.4. The molecule has 0 unspecified atom stereocenters. The van der Waals surface area contributed by atoms with Crippen molar-refractivity contribution in [1.82, 2.24) is 15.1 Å². The third kappa shape index (κ3) is 4.87. The summed E-state index contributed by atoms with van der Waals surface area (Å²) in [4.78, 5) is 12.4. The van der Waals surface area contributed by atoms with E-state index in [1.54, 1.807) is 28.9 Å². The summed E-state index contributed by atoms with van der Waals surface area (Å²) in [6.07, 6.45) is 0.119. The van der Waals surface area contributed by atoms with Gasteiger partial charge in [-0.15, -0.1) is 0 Å². The van der Waals surface area contributed by atoms with Gasteiger partial charge in [-0.25, -0.2) is 22.6 Å². The minimum atomic E-state index is -3.80. The normalized spacial score (nSPS) is 11.4. The lowest BCUT2D eigenvalue weighted by Gasteiger charge is -2.08. The molecule has 0 aliphatic rings. The van der Waals surface area contributed by atoms with E-state index in [9.17, 15) is 17.6 Å². The van der Waals surface area contributed by atoms with Crippen molar-refractivity contribution in [3.05, 3.63) is 76.9 Å². The molecule has 7 nitrogen and oxygen atoms in total. The minimum absolute atomic E-state index is 0.00323. The van der Waals surface area contributed by atoms with Crippen LogP contribution in [0.3, 0.4) is 0 Å². The first kappa shape index (κ1) is 20.7. The maximum atomic E-state index is 13.2. The van der Waals surface area contributed by atoms with E-state index in [-0.39, 0.29) is 29.6 Å². The Hall–Kier alpha value is -3.04. The summed E-state index contributed by atoms with van der Waals surface area (Å²) in [5, 5.41) is 12.4. The van der Waals surface area contributed by atoms with Crippen LogP contribution < -0.4 is 10.5 Å². The number of sulfonamides is 1. The number of aryl methyl sites for hydroxylation is 1. The highest BCUT2D eigenvalue weighted by Crippen LogP contribution is 2.19. The number of nitrogens with two attached hydrogens (primary N) is 1. The molecule has 3 rings (SSSR count). The maximum Gasteiger partial charge on any atom is 0.238 e. The summed E-state index contributed by atoms with van der Waals surface area (Å²) in [5.74, 6) is -0.558. The Morgan fingerprint density at radius 1 is 1.17 bits per heavy atom. The molecule has 0 spiro atoms. The van der Waals surface area contributed by atoms with Crippen molar-refractivity contribution in [1.29, 1.82) is 0 Å². The van der Waals surface area contributed by atoms with Gasteiger partial charge in [-0.1, -0.05) is 12.1 Å². The number of hydrogen-bond donors (Lipinski definition) is 2. The summed E-state index contributed by atoms with van der Waals surface area (Å²) >= 11 is 0. The summed E-state index contributed by atoms with van der Waals surface area (Å²) in [7, 11) is -3.80. The molecule has 0 aliphatic heterocycles. The zero-order chi connectivity index (χ0) is 21.2. The lowest BCUT2D eigenvalue weighted by molar-refractivity contribution is -0.120. The zero-order valence-electron chi connectivity index (χ0n) is 16.0. The standard InChI is InChI=1S/C20H21FN4O3S/c1-13-19(14(2)25(24-13)17-8-6-16(21)7-9-17)11-20(26)23-12-15-4-3-5-18(10-15)29(22,27)28/h3-10H,11-12H2,1-2H3,(H,23,26)(H2,22,27,28). The van der Waals surface area contributed by atoms with Gasteiger partial charge in [0.1, 0.15) is 5.82 Å². The second kappa shape index (κ2) is 8.14. The van der Waals surface area contributed by atoms with Crippen LogP contribution in [0.5, 0.6) is 0 Å². The highest BCUT2D eigenvalue weighted by molar-refractivity contribution is 7.89. The molecular formula is C20H21FN4O3S. The van der Waals surface area contributed by atoms with Gasteiger partial charge >= 0.3 is 0 Å². The molecule has 3 N–H and O–H groups in total. The number of rotatable bonds is 6. The summed E-state index contributed by atoms with van der Waals surface area (Å²) in [6, 6.07) is 12.1. The van der Waals surface area contributed by atoms with Gasteiger partial charge in [-0.05, 0) is 55.8 Å². The topological polar surface area (TPSA) is 107 Å². The summed E-state index contributed by atoms with van der Waals surface area (Å²) in [5.41, 5.74) is 3.61. The fraction of sp³-hybridized carbons (Fsp3) is 0.200. The number of benzene rings is 2. The molecule has 1 aromatic heterocycles. The number of amides is 1. The first-order chi connectivity index (χ1) is 13.6. The predicted octanol–water partition coefficient (Wildman–Crippen LogP) is 2.13. The Bertz CT molecular complexity index is 1150. The Labute approximate surface area is 168 Å². The van der Waals surface area contributed by atoms with E-state index < -0.39 is 10.0 Å². The summed E-state index contributed by atoms with van der Waals surface area (Å²) < 4.78 is 37.7. The van der Waals surface area contributed by atoms with Gasteiger partial charge in [0.2, 0.25) is 15.9 Å². The Balaban J connectivity index is 1.71. The monoisotopic (exact) mass is 416 g/mol. The van der Waals surface area contributed by atoms with Crippen LogP contribution in [0.1, 0.15) is 22.5 Å². The number of aromatic nitrogens is 2. The molecule has 1 amide bonds. The molecule has 2 aromatic carbocycles. The highest BCUT2D eigenvalue weighted by atomic mass is 32.2. The second-order valence-electron chi connectivity index (χ2n) is 6.68. The third-order valence-electron chi connectivity index (χ3n) is 4.57. The number of nitrogens with zero attached hydrogens (tertiary/aromatic N) is 2. The van der Waals surface area contributed by atoms with Gasteiger partial charge in [0.25, 0.3) is 0 Å². The van der Waals surface area contributed by atoms with Crippen LogP contribution in [-0.4, -0.2) is 24.1 Å². The van der Waals surface area contributed by atoms with E-state index in [1.165, 1.54) is 24.3 Å². The number of carbonyl (C=O) groups is 1. The van der Waals surface area contributed by atoms with Gasteiger partial charge < -0.3 is 5.32 Å². The van der Waals surface area contributed by atoms with Crippen LogP contribution in [0.15, 0.2) is 53.4 Å². The molecule has 0 aliphatic carbocycles. The van der Waals surface area contributed by atoms with Crippen LogP contribution >= 0.6 is 0 Å². The van der Waals surface area contributed by atoms with Crippen molar-refractivity contribution >= 4 is 15.9 Å². The molecule has 0 bridgehead atoms. The number of halogens is 1. The van der Waals surface area contributed by atoms with E-state index in [0.717, 1.165) is 11.3 Å². The Morgan fingerprint density at radius 3 is 2.52 bits per heavy atom. The second-order valence-corrected chi connectivity index (χ2v) is 8.24. The molecule has 0 atom stereocenters. The van der Waals surface area contributed by atoms with Gasteiger partial charge in [0, 0.05) is 17.8 Å². The largest absolute Gasteiger partial charge is 0.352 e. The van der Waals surface area contributed by atoms with Crippen molar-refractivity contribution in [3.8, 4) is 5.69 Å². The number of primary sulfonamides is 1. The molecule has 0 saturated heterocycles. The highest BCUT2D eigenvalue weighted by Gasteiger charge is 2.16. The molecule has 152 valence electrons. The SMILES string of the molecule is Cc1nn(-c2ccc(F)cc2)c(C)c1CC(=O)NCc1cccc(S(N)(=O)=O)c1. The van der Waals surface area contributed by atoms with Crippen molar-refractivity contribution in [3.63, 3.8) is 0 Å². The zero-order valence-corrected chi connectivity index (χ0v) is 16.8. The molecule has 0 fully saturated rings. The predicted molar refractivity (Wildman–Crippen MR) is 106 cm³/mol. The number of carbonyl (C=O) groups excluding carboxylic acids is 1. The molecule has 0 radical (unpaired) electrons. The molecule has 3 aromatic rings. The first-order valence-electron chi connectivity index (χ1n) is 8.84. The van der Waals surface area contributed by atoms with E-state index >= 15 is 0 Å². The quantitative estimate of drug-likeness (QED) is 0.642. The van der Waals surface area contributed by atoms with Crippen molar-refractivity contribution in [2.75, 3.05) is 0 Å². The Kier molecular flexibility index (Phi) is 5.81. The van der Waals surface area contributed by atoms with E-state index in [4.69, 9.17) is 5.14 Å². The van der Waals surface area contributed by atoms with E-state index in [1.807, 2.05) is 13.8 Å². The van der Waals surface area contributed by atoms with Gasteiger partial charge in [-0.3, -0.25) is 4.79 Å². The van der Waals surface area contributed by atoms with Crippen LogP contribution in [0.4, 0.5) is 4.39 Å². The van der Waals surface area contributed by atoms with E-state index in [2.05, 4.69) is 10.4 Å². The average Bonchev–Trinajstić information content (AvgIpc) is 2.95. The van der Waals surface area contributed by atoms with Crippen LogP contribution in [0.2, 0.25) is 0 Å². The van der Waals surface area contributed by atoms with Crippen molar-refractivity contribution < 1.29 is 17.6 Å². The lowest BCUT2D eigenvalue weighted by atomic mass is 10.1. The van der Waals surface area contributed by atoms with Crippen molar-refractivity contribution in [2.45, 2.75) is 31.7 Å². The molecular weight excluding hydrogens is 395 g/mol. The van der Waals surface area contributed by atoms with Gasteiger partial charge in [0.05, 0.1) is 22.7 Å². The number of hydrogen-bond acceptors (Lipinski definition) is 4. The van der Waals surface area contributed by atoms with Crippen LogP contribution in [-0.2, 0) is 27.8 Å². The average molecular weight is 416 g/mol. The lowest BCUT2D eigenvalue weighted by Crippen LogP contribution is -2.25. The Morgan fingerprint density at radius 2 is 1.86 bits per heavy atom. The smallest absolute Gasteiger partial charge is 0.238 e. The molecule has 29 heavy (non-hydrogen) atoms. The minimum Gasteiger partial charge on any atom is -0.352 e. The maximum absolute atomic E-state index is 13.2. The van der Waals surface area contributed by atoms with Gasteiger partial charge in [-0.2, -0.15) is 5.10 Å². The molecule has 0 saturated carbocycles.